The number of methoxy groups -OCH3 is 1. The Morgan fingerprint density at radius 2 is 1.90 bits per heavy atom. The van der Waals surface area contributed by atoms with Crippen LogP contribution in [0.5, 0.6) is 0 Å². The van der Waals surface area contributed by atoms with E-state index in [1.54, 1.807) is 0 Å². The summed E-state index contributed by atoms with van der Waals surface area (Å²) in [6.45, 7) is 4.28. The number of anilines is 1. The van der Waals surface area contributed by atoms with E-state index in [0.717, 1.165) is 16.8 Å². The standard InChI is InChI=1S/C24H25N3O4/c1-15(2)16-8-10-17(11-9-16)23-25-21(31-26-23)12-13-22(28)27-19-7-5-4-6-18(19)14-20(27)24(29)30-3/h4-11,15,20H,12-14H2,1-3H3. The number of carbonyl (C=O) groups excluding carboxylic acids is 2. The Labute approximate surface area is 181 Å². The fourth-order valence-electron chi connectivity index (χ4n) is 3.84. The van der Waals surface area contributed by atoms with Crippen LogP contribution >= 0.6 is 0 Å². The summed E-state index contributed by atoms with van der Waals surface area (Å²) in [6, 6.07) is 14.9. The molecule has 2 aromatic carbocycles. The highest BCUT2D eigenvalue weighted by atomic mass is 16.5. The fraction of sp³-hybridized carbons (Fsp3) is 0.333. The first-order valence-corrected chi connectivity index (χ1v) is 10.4. The van der Waals surface area contributed by atoms with E-state index in [1.165, 1.54) is 17.6 Å². The minimum absolute atomic E-state index is 0.149. The van der Waals surface area contributed by atoms with Crippen molar-refractivity contribution in [2.75, 3.05) is 12.0 Å². The van der Waals surface area contributed by atoms with Crippen LogP contribution in [0.25, 0.3) is 11.4 Å². The van der Waals surface area contributed by atoms with Crippen molar-refractivity contribution in [1.82, 2.24) is 10.1 Å². The van der Waals surface area contributed by atoms with Gasteiger partial charge in [-0.1, -0.05) is 61.5 Å². The Hall–Kier alpha value is -3.48. The van der Waals surface area contributed by atoms with Crippen molar-refractivity contribution in [3.05, 3.63) is 65.5 Å². The van der Waals surface area contributed by atoms with Gasteiger partial charge >= 0.3 is 5.97 Å². The number of ether oxygens (including phenoxy) is 1. The number of esters is 1. The van der Waals surface area contributed by atoms with E-state index < -0.39 is 12.0 Å². The highest BCUT2D eigenvalue weighted by Crippen LogP contribution is 2.33. The molecule has 0 bridgehead atoms. The molecule has 2 heterocycles. The van der Waals surface area contributed by atoms with Crippen molar-refractivity contribution < 1.29 is 18.8 Å². The van der Waals surface area contributed by atoms with E-state index in [-0.39, 0.29) is 12.3 Å². The number of amides is 1. The molecular weight excluding hydrogens is 394 g/mol. The van der Waals surface area contributed by atoms with Gasteiger partial charge in [0.2, 0.25) is 17.6 Å². The molecule has 160 valence electrons. The smallest absolute Gasteiger partial charge is 0.329 e. The Kier molecular flexibility index (Phi) is 5.84. The number of aromatic nitrogens is 2. The number of carbonyl (C=O) groups is 2. The summed E-state index contributed by atoms with van der Waals surface area (Å²) in [5.41, 5.74) is 3.81. The quantitative estimate of drug-likeness (QED) is 0.563. The summed E-state index contributed by atoms with van der Waals surface area (Å²) in [5, 5.41) is 4.04. The minimum atomic E-state index is -0.646. The summed E-state index contributed by atoms with van der Waals surface area (Å²) in [4.78, 5) is 31.2. The predicted molar refractivity (Wildman–Crippen MR) is 116 cm³/mol. The van der Waals surface area contributed by atoms with Crippen molar-refractivity contribution in [3.8, 4) is 11.4 Å². The van der Waals surface area contributed by atoms with Gasteiger partial charge < -0.3 is 9.26 Å². The third kappa shape index (κ3) is 4.21. The van der Waals surface area contributed by atoms with E-state index in [9.17, 15) is 9.59 Å². The van der Waals surface area contributed by atoms with Gasteiger partial charge in [0.15, 0.2) is 0 Å². The molecule has 1 unspecified atom stereocenters. The second-order valence-electron chi connectivity index (χ2n) is 7.92. The molecule has 0 radical (unpaired) electrons. The molecule has 0 aliphatic carbocycles. The first-order chi connectivity index (χ1) is 15.0. The maximum Gasteiger partial charge on any atom is 0.329 e. The molecule has 0 N–H and O–H groups in total. The summed E-state index contributed by atoms with van der Waals surface area (Å²) >= 11 is 0. The summed E-state index contributed by atoms with van der Waals surface area (Å²) in [6.07, 6.45) is 0.893. The summed E-state index contributed by atoms with van der Waals surface area (Å²) in [5.74, 6) is 0.733. The van der Waals surface area contributed by atoms with Gasteiger partial charge in [-0.05, 0) is 23.1 Å². The van der Waals surface area contributed by atoms with Crippen LogP contribution in [0, 0.1) is 0 Å². The van der Waals surface area contributed by atoms with Gasteiger partial charge in [0.1, 0.15) is 6.04 Å². The predicted octanol–water partition coefficient (Wildman–Crippen LogP) is 3.92. The SMILES string of the molecule is COC(=O)C1Cc2ccccc2N1C(=O)CCc1nc(-c2ccc(C(C)C)cc2)no1. The van der Waals surface area contributed by atoms with Crippen LogP contribution in [0.4, 0.5) is 5.69 Å². The van der Waals surface area contributed by atoms with Crippen molar-refractivity contribution in [1.29, 1.82) is 0 Å². The van der Waals surface area contributed by atoms with Crippen LogP contribution in [0.2, 0.25) is 0 Å². The normalized spacial score (nSPS) is 15.2. The molecule has 0 fully saturated rings. The van der Waals surface area contributed by atoms with Crippen LogP contribution in [0.3, 0.4) is 0 Å². The Balaban J connectivity index is 1.45. The van der Waals surface area contributed by atoms with Crippen LogP contribution in [-0.2, 0) is 27.2 Å². The van der Waals surface area contributed by atoms with Crippen LogP contribution in [0.1, 0.15) is 43.2 Å². The largest absolute Gasteiger partial charge is 0.467 e. The number of nitrogens with zero attached hydrogens (tertiary/aromatic N) is 3. The maximum absolute atomic E-state index is 13.0. The second-order valence-corrected chi connectivity index (χ2v) is 7.92. The molecule has 1 aliphatic rings. The average Bonchev–Trinajstić information content (AvgIpc) is 3.42. The summed E-state index contributed by atoms with van der Waals surface area (Å²) < 4.78 is 10.3. The maximum atomic E-state index is 13.0. The van der Waals surface area contributed by atoms with Gasteiger partial charge in [-0.2, -0.15) is 4.98 Å². The third-order valence-electron chi connectivity index (χ3n) is 5.57. The lowest BCUT2D eigenvalue weighted by Crippen LogP contribution is -2.43. The van der Waals surface area contributed by atoms with E-state index in [0.29, 0.717) is 30.5 Å². The second kappa shape index (κ2) is 8.71. The number of fused-ring (bicyclic) bond motifs is 1. The zero-order valence-electron chi connectivity index (χ0n) is 17.9. The molecule has 4 rings (SSSR count). The van der Waals surface area contributed by atoms with Gasteiger partial charge in [-0.25, -0.2) is 4.79 Å². The third-order valence-corrected chi connectivity index (χ3v) is 5.57. The highest BCUT2D eigenvalue weighted by Gasteiger charge is 2.38. The summed E-state index contributed by atoms with van der Waals surface area (Å²) in [7, 11) is 1.33. The van der Waals surface area contributed by atoms with Gasteiger partial charge in [-0.3, -0.25) is 9.69 Å². The molecule has 3 aromatic rings. The number of benzene rings is 2. The Morgan fingerprint density at radius 1 is 1.16 bits per heavy atom. The Morgan fingerprint density at radius 3 is 2.61 bits per heavy atom. The molecule has 1 aromatic heterocycles. The van der Waals surface area contributed by atoms with Crippen molar-refractivity contribution in [3.63, 3.8) is 0 Å². The molecule has 7 nitrogen and oxygen atoms in total. The molecular formula is C24H25N3O4. The van der Waals surface area contributed by atoms with Crippen molar-refractivity contribution >= 4 is 17.6 Å². The first kappa shape index (κ1) is 20.8. The fourth-order valence-corrected chi connectivity index (χ4v) is 3.84. The van der Waals surface area contributed by atoms with Crippen LogP contribution < -0.4 is 4.90 Å². The van der Waals surface area contributed by atoms with E-state index in [1.807, 2.05) is 36.4 Å². The molecule has 0 spiro atoms. The number of para-hydroxylation sites is 1. The Bertz CT molecular complexity index is 1090. The van der Waals surface area contributed by atoms with E-state index in [4.69, 9.17) is 9.26 Å². The molecule has 7 heteroatoms. The number of hydrogen-bond acceptors (Lipinski definition) is 6. The van der Waals surface area contributed by atoms with Crippen molar-refractivity contribution in [2.24, 2.45) is 0 Å². The molecule has 0 saturated carbocycles. The zero-order valence-corrected chi connectivity index (χ0v) is 17.9. The van der Waals surface area contributed by atoms with Gasteiger partial charge in [0, 0.05) is 30.5 Å². The first-order valence-electron chi connectivity index (χ1n) is 10.4. The van der Waals surface area contributed by atoms with Gasteiger partial charge in [0.05, 0.1) is 7.11 Å². The molecule has 0 saturated heterocycles. The monoisotopic (exact) mass is 419 g/mol. The lowest BCUT2D eigenvalue weighted by molar-refractivity contribution is -0.143. The molecule has 1 amide bonds. The number of rotatable bonds is 6. The topological polar surface area (TPSA) is 85.5 Å². The van der Waals surface area contributed by atoms with Crippen LogP contribution in [-0.4, -0.2) is 35.2 Å². The number of aryl methyl sites for hydroxylation is 1. The minimum Gasteiger partial charge on any atom is -0.467 e. The number of hydrogen-bond donors (Lipinski definition) is 0. The molecule has 1 atom stereocenters. The van der Waals surface area contributed by atoms with Gasteiger partial charge in [0.25, 0.3) is 0 Å². The average molecular weight is 419 g/mol. The highest BCUT2D eigenvalue weighted by molar-refractivity contribution is 6.02. The lowest BCUT2D eigenvalue weighted by atomic mass is 10.0. The van der Waals surface area contributed by atoms with E-state index in [2.05, 4.69) is 36.1 Å². The lowest BCUT2D eigenvalue weighted by Gasteiger charge is -2.23. The molecule has 1 aliphatic heterocycles. The van der Waals surface area contributed by atoms with Crippen LogP contribution in [0.15, 0.2) is 53.1 Å². The van der Waals surface area contributed by atoms with Crippen molar-refractivity contribution in [2.45, 2.75) is 45.1 Å². The zero-order chi connectivity index (χ0) is 22.0. The molecule has 31 heavy (non-hydrogen) atoms. The van der Waals surface area contributed by atoms with Gasteiger partial charge in [-0.15, -0.1) is 0 Å². The van der Waals surface area contributed by atoms with E-state index >= 15 is 0 Å².